The van der Waals surface area contributed by atoms with Crippen molar-refractivity contribution in [1.82, 2.24) is 30.8 Å². The van der Waals surface area contributed by atoms with Crippen molar-refractivity contribution in [2.45, 2.75) is 46.1 Å². The minimum absolute atomic E-state index is 0. The summed E-state index contributed by atoms with van der Waals surface area (Å²) in [6, 6.07) is 3.64. The summed E-state index contributed by atoms with van der Waals surface area (Å²) in [7, 11) is 0. The number of nitrogens with one attached hydrogen (secondary N) is 3. The molecule has 3 rings (SSSR count). The Morgan fingerprint density at radius 3 is 2.76 bits per heavy atom. The lowest BCUT2D eigenvalue weighted by molar-refractivity contribution is 0.383. The van der Waals surface area contributed by atoms with E-state index in [-0.39, 0.29) is 29.4 Å². The van der Waals surface area contributed by atoms with Gasteiger partial charge in [-0.3, -0.25) is 5.10 Å². The number of H-pyrrole nitrogens is 1. The van der Waals surface area contributed by atoms with Gasteiger partial charge in [0.05, 0.1) is 12.5 Å². The average molecular weight is 513 g/mol. The van der Waals surface area contributed by atoms with Gasteiger partial charge in [0.25, 0.3) is 0 Å². The van der Waals surface area contributed by atoms with E-state index in [1.807, 2.05) is 19.1 Å². The van der Waals surface area contributed by atoms with Crippen LogP contribution in [0.3, 0.4) is 0 Å². The van der Waals surface area contributed by atoms with E-state index in [4.69, 9.17) is 8.83 Å². The first kappa shape index (κ1) is 22.9. The number of oxazole rings is 1. The fourth-order valence-corrected chi connectivity index (χ4v) is 2.44. The standard InChI is InChI=1S/C19H27N7O2.HI/c1-5-20-18(23-12-16-22-11-14(28-16)19(2,3)4)21-9-8-15-24-17(26-25-15)13-7-6-10-27-13;/h6-7,10-11H,5,8-9,12H2,1-4H3,(H2,20,21,23)(H,24,25,26);1H. The van der Waals surface area contributed by atoms with Crippen LogP contribution in [0.2, 0.25) is 0 Å². The number of guanidine groups is 1. The van der Waals surface area contributed by atoms with Crippen molar-refractivity contribution in [1.29, 1.82) is 0 Å². The average Bonchev–Trinajstić information content (AvgIpc) is 3.39. The highest BCUT2D eigenvalue weighted by Crippen LogP contribution is 2.22. The zero-order chi connectivity index (χ0) is 20.0. The van der Waals surface area contributed by atoms with Gasteiger partial charge in [0, 0.05) is 24.9 Å². The van der Waals surface area contributed by atoms with Crippen molar-refractivity contribution >= 4 is 29.9 Å². The van der Waals surface area contributed by atoms with E-state index in [1.165, 1.54) is 0 Å². The molecule has 0 aliphatic heterocycles. The summed E-state index contributed by atoms with van der Waals surface area (Å²) in [5, 5.41) is 13.6. The predicted octanol–water partition coefficient (Wildman–Crippen LogP) is 3.27. The second-order valence-corrected chi connectivity index (χ2v) is 7.32. The van der Waals surface area contributed by atoms with E-state index >= 15 is 0 Å². The number of aromatic nitrogens is 4. The van der Waals surface area contributed by atoms with Crippen LogP contribution < -0.4 is 10.6 Å². The van der Waals surface area contributed by atoms with Crippen molar-refractivity contribution in [2.75, 3.05) is 13.1 Å². The zero-order valence-corrected chi connectivity index (χ0v) is 19.5. The van der Waals surface area contributed by atoms with Gasteiger partial charge < -0.3 is 19.5 Å². The summed E-state index contributed by atoms with van der Waals surface area (Å²) in [5.41, 5.74) is -0.0662. The Morgan fingerprint density at radius 1 is 1.28 bits per heavy atom. The van der Waals surface area contributed by atoms with Crippen molar-refractivity contribution in [3.05, 3.63) is 42.1 Å². The molecular weight excluding hydrogens is 485 g/mol. The molecule has 0 radical (unpaired) electrons. The van der Waals surface area contributed by atoms with Crippen LogP contribution in [0.4, 0.5) is 0 Å². The van der Waals surface area contributed by atoms with Gasteiger partial charge in [-0.05, 0) is 19.1 Å². The molecule has 3 N–H and O–H groups in total. The maximum atomic E-state index is 5.78. The molecule has 3 heterocycles. The Morgan fingerprint density at radius 2 is 2.10 bits per heavy atom. The SMILES string of the molecule is CCNC(=NCc1ncc(C(C)(C)C)o1)NCCc1nc(-c2ccco2)n[nH]1.I. The Bertz CT molecular complexity index is 894. The van der Waals surface area contributed by atoms with E-state index in [2.05, 4.69) is 56.6 Å². The Labute approximate surface area is 187 Å². The maximum absolute atomic E-state index is 5.78. The van der Waals surface area contributed by atoms with Crippen LogP contribution in [0, 0.1) is 0 Å². The highest BCUT2D eigenvalue weighted by Gasteiger charge is 2.19. The zero-order valence-electron chi connectivity index (χ0n) is 17.2. The minimum Gasteiger partial charge on any atom is -0.461 e. The summed E-state index contributed by atoms with van der Waals surface area (Å²) in [4.78, 5) is 13.3. The molecule has 0 saturated carbocycles. The van der Waals surface area contributed by atoms with E-state index in [0.29, 0.717) is 42.9 Å². The predicted molar refractivity (Wildman–Crippen MR) is 121 cm³/mol. The summed E-state index contributed by atoms with van der Waals surface area (Å²) >= 11 is 0. The van der Waals surface area contributed by atoms with Crippen LogP contribution in [0.15, 0.2) is 38.4 Å². The van der Waals surface area contributed by atoms with E-state index in [1.54, 1.807) is 12.5 Å². The first-order valence-corrected chi connectivity index (χ1v) is 9.38. The number of hydrogen-bond donors (Lipinski definition) is 3. The van der Waals surface area contributed by atoms with Gasteiger partial charge >= 0.3 is 0 Å². The Kier molecular flexibility index (Phi) is 8.23. The van der Waals surface area contributed by atoms with Gasteiger partial charge in [0.2, 0.25) is 11.7 Å². The van der Waals surface area contributed by atoms with Crippen molar-refractivity contribution in [3.63, 3.8) is 0 Å². The smallest absolute Gasteiger partial charge is 0.216 e. The molecule has 0 bridgehead atoms. The van der Waals surface area contributed by atoms with Crippen LogP contribution in [-0.4, -0.2) is 39.2 Å². The van der Waals surface area contributed by atoms with Crippen LogP contribution in [-0.2, 0) is 18.4 Å². The molecule has 158 valence electrons. The maximum Gasteiger partial charge on any atom is 0.216 e. The Hall–Kier alpha value is -2.37. The lowest BCUT2D eigenvalue weighted by Crippen LogP contribution is -2.38. The molecule has 0 aliphatic carbocycles. The molecule has 0 saturated heterocycles. The first-order valence-electron chi connectivity index (χ1n) is 9.38. The fraction of sp³-hybridized carbons (Fsp3) is 0.474. The van der Waals surface area contributed by atoms with Crippen molar-refractivity contribution < 1.29 is 8.83 Å². The van der Waals surface area contributed by atoms with Gasteiger partial charge in [0.1, 0.15) is 18.1 Å². The molecule has 0 atom stereocenters. The highest BCUT2D eigenvalue weighted by atomic mass is 127. The Balaban J connectivity index is 0.00000300. The molecule has 0 aliphatic rings. The third-order valence-electron chi connectivity index (χ3n) is 3.94. The molecule has 0 fully saturated rings. The lowest BCUT2D eigenvalue weighted by atomic mass is 9.94. The number of nitrogens with zero attached hydrogens (tertiary/aromatic N) is 4. The molecule has 3 aromatic heterocycles. The third kappa shape index (κ3) is 6.58. The fourth-order valence-electron chi connectivity index (χ4n) is 2.44. The van der Waals surface area contributed by atoms with Crippen LogP contribution in [0.25, 0.3) is 11.6 Å². The topological polar surface area (TPSA) is 117 Å². The van der Waals surface area contributed by atoms with Crippen molar-refractivity contribution in [2.24, 2.45) is 4.99 Å². The van der Waals surface area contributed by atoms with Gasteiger partial charge in [-0.2, -0.15) is 5.10 Å². The first-order chi connectivity index (χ1) is 13.5. The molecule has 9 nitrogen and oxygen atoms in total. The van der Waals surface area contributed by atoms with E-state index < -0.39 is 0 Å². The lowest BCUT2D eigenvalue weighted by Gasteiger charge is -2.13. The summed E-state index contributed by atoms with van der Waals surface area (Å²) in [6.07, 6.45) is 4.04. The molecule has 10 heteroatoms. The highest BCUT2D eigenvalue weighted by molar-refractivity contribution is 14.0. The second kappa shape index (κ2) is 10.4. The molecule has 29 heavy (non-hydrogen) atoms. The normalized spacial score (nSPS) is 11.9. The number of furan rings is 1. The molecule has 0 unspecified atom stereocenters. The van der Waals surface area contributed by atoms with Crippen molar-refractivity contribution in [3.8, 4) is 11.6 Å². The number of hydrogen-bond acceptors (Lipinski definition) is 6. The quantitative estimate of drug-likeness (QED) is 0.252. The number of rotatable bonds is 7. The van der Waals surface area contributed by atoms with Gasteiger partial charge in [-0.25, -0.2) is 15.0 Å². The molecular formula is C19H28IN7O2. The second-order valence-electron chi connectivity index (χ2n) is 7.32. The van der Waals surface area contributed by atoms with Crippen LogP contribution >= 0.6 is 24.0 Å². The van der Waals surface area contributed by atoms with Gasteiger partial charge in [-0.15, -0.1) is 24.0 Å². The van der Waals surface area contributed by atoms with Crippen LogP contribution in [0.5, 0.6) is 0 Å². The molecule has 3 aromatic rings. The number of aliphatic imine (C=N–C) groups is 1. The van der Waals surface area contributed by atoms with Gasteiger partial charge in [0.15, 0.2) is 11.7 Å². The molecule has 0 amide bonds. The molecule has 0 aromatic carbocycles. The largest absolute Gasteiger partial charge is 0.461 e. The number of halogens is 1. The van der Waals surface area contributed by atoms with Crippen LogP contribution in [0.1, 0.15) is 45.2 Å². The summed E-state index contributed by atoms with van der Waals surface area (Å²) in [6.45, 7) is 10.1. The summed E-state index contributed by atoms with van der Waals surface area (Å²) < 4.78 is 11.1. The van der Waals surface area contributed by atoms with E-state index in [9.17, 15) is 0 Å². The van der Waals surface area contributed by atoms with E-state index in [0.717, 1.165) is 18.1 Å². The monoisotopic (exact) mass is 513 g/mol. The van der Waals surface area contributed by atoms with Gasteiger partial charge in [-0.1, -0.05) is 20.8 Å². The third-order valence-corrected chi connectivity index (χ3v) is 3.94. The number of aromatic amines is 1. The molecule has 0 spiro atoms. The summed E-state index contributed by atoms with van der Waals surface area (Å²) in [5.74, 6) is 4.12. The minimum atomic E-state index is -0.0662.